The van der Waals surface area contributed by atoms with Crippen LogP contribution in [0.4, 0.5) is 10.5 Å². The fourth-order valence-corrected chi connectivity index (χ4v) is 1.85. The number of urea groups is 1. The highest BCUT2D eigenvalue weighted by atomic mass is 79.9. The summed E-state index contributed by atoms with van der Waals surface area (Å²) in [7, 11) is 0. The van der Waals surface area contributed by atoms with Gasteiger partial charge < -0.3 is 10.4 Å². The van der Waals surface area contributed by atoms with Gasteiger partial charge in [0.15, 0.2) is 0 Å². The van der Waals surface area contributed by atoms with E-state index in [1.807, 2.05) is 19.1 Å². The molecule has 0 unspecified atom stereocenters. The number of nitrogens with zero attached hydrogens (tertiary/aromatic N) is 1. The van der Waals surface area contributed by atoms with Crippen molar-refractivity contribution in [2.24, 2.45) is 5.10 Å². The van der Waals surface area contributed by atoms with E-state index in [1.165, 1.54) is 6.21 Å². The van der Waals surface area contributed by atoms with Gasteiger partial charge in [0.2, 0.25) is 0 Å². The standard InChI is InChI=1S/C15H14BrN3O2/c1-10-8-12(4-7-14(10)16)18-15(21)19-17-9-11-2-5-13(20)6-3-11/h2-9,20H,1H3,(H2,18,19,21)/b17-9+. The number of aryl methyl sites for hydroxylation is 1. The number of anilines is 1. The quantitative estimate of drug-likeness (QED) is 0.586. The fourth-order valence-electron chi connectivity index (χ4n) is 1.61. The predicted octanol–water partition coefficient (Wildman–Crippen LogP) is 3.62. The van der Waals surface area contributed by atoms with Gasteiger partial charge in [-0.2, -0.15) is 5.10 Å². The van der Waals surface area contributed by atoms with E-state index in [0.717, 1.165) is 15.6 Å². The number of carbonyl (C=O) groups excluding carboxylic acids is 1. The van der Waals surface area contributed by atoms with Gasteiger partial charge in [0.25, 0.3) is 0 Å². The molecule has 0 bridgehead atoms. The average Bonchev–Trinajstić information content (AvgIpc) is 2.45. The number of rotatable bonds is 3. The Kier molecular flexibility index (Phi) is 4.94. The number of nitrogens with one attached hydrogen (secondary N) is 2. The van der Waals surface area contributed by atoms with Gasteiger partial charge in [0.1, 0.15) is 5.75 Å². The Morgan fingerprint density at radius 1 is 1.24 bits per heavy atom. The summed E-state index contributed by atoms with van der Waals surface area (Å²) in [5, 5.41) is 15.7. The maximum atomic E-state index is 11.7. The van der Waals surface area contributed by atoms with Gasteiger partial charge in [-0.3, -0.25) is 0 Å². The van der Waals surface area contributed by atoms with E-state index in [4.69, 9.17) is 5.11 Å². The number of phenols is 1. The van der Waals surface area contributed by atoms with E-state index in [2.05, 4.69) is 31.8 Å². The zero-order valence-electron chi connectivity index (χ0n) is 11.3. The van der Waals surface area contributed by atoms with Crippen molar-refractivity contribution in [3.63, 3.8) is 0 Å². The molecule has 2 aromatic rings. The molecule has 21 heavy (non-hydrogen) atoms. The van der Waals surface area contributed by atoms with Crippen LogP contribution in [0.15, 0.2) is 52.0 Å². The van der Waals surface area contributed by atoms with Crippen LogP contribution in [0.1, 0.15) is 11.1 Å². The van der Waals surface area contributed by atoms with Crippen molar-refractivity contribution in [2.45, 2.75) is 6.92 Å². The SMILES string of the molecule is Cc1cc(NC(=O)N/N=C/c2ccc(O)cc2)ccc1Br. The van der Waals surface area contributed by atoms with Crippen LogP contribution in [0, 0.1) is 6.92 Å². The summed E-state index contributed by atoms with van der Waals surface area (Å²) in [4.78, 5) is 11.7. The number of phenolic OH excluding ortho intramolecular Hbond substituents is 1. The Bertz CT molecular complexity index is 669. The highest BCUT2D eigenvalue weighted by Crippen LogP contribution is 2.19. The Morgan fingerprint density at radius 3 is 2.62 bits per heavy atom. The smallest absolute Gasteiger partial charge is 0.339 e. The molecule has 0 aliphatic heterocycles. The van der Waals surface area contributed by atoms with Crippen LogP contribution >= 0.6 is 15.9 Å². The van der Waals surface area contributed by atoms with Crippen LogP contribution in [0.3, 0.4) is 0 Å². The second-order valence-corrected chi connectivity index (χ2v) is 5.23. The average molecular weight is 348 g/mol. The summed E-state index contributed by atoms with van der Waals surface area (Å²) >= 11 is 3.40. The molecule has 5 nitrogen and oxygen atoms in total. The van der Waals surface area contributed by atoms with Gasteiger partial charge in [-0.25, -0.2) is 10.2 Å². The molecule has 3 N–H and O–H groups in total. The zero-order chi connectivity index (χ0) is 15.2. The van der Waals surface area contributed by atoms with Gasteiger partial charge in [0, 0.05) is 10.2 Å². The molecule has 0 heterocycles. The first kappa shape index (κ1) is 15.1. The summed E-state index contributed by atoms with van der Waals surface area (Å²) in [6, 6.07) is 11.6. The Morgan fingerprint density at radius 2 is 1.95 bits per heavy atom. The predicted molar refractivity (Wildman–Crippen MR) is 86.7 cm³/mol. The van der Waals surface area contributed by atoms with Crippen molar-refractivity contribution in [2.75, 3.05) is 5.32 Å². The highest BCUT2D eigenvalue weighted by molar-refractivity contribution is 9.10. The van der Waals surface area contributed by atoms with Crippen molar-refractivity contribution < 1.29 is 9.90 Å². The van der Waals surface area contributed by atoms with Crippen LogP contribution in [0.5, 0.6) is 5.75 Å². The van der Waals surface area contributed by atoms with Crippen molar-refractivity contribution in [1.82, 2.24) is 5.43 Å². The van der Waals surface area contributed by atoms with Crippen molar-refractivity contribution in [3.05, 3.63) is 58.1 Å². The normalized spacial score (nSPS) is 10.6. The number of hydrazone groups is 1. The Balaban J connectivity index is 1.89. The minimum atomic E-state index is -0.424. The zero-order valence-corrected chi connectivity index (χ0v) is 12.9. The van der Waals surface area contributed by atoms with E-state index in [-0.39, 0.29) is 5.75 Å². The second-order valence-electron chi connectivity index (χ2n) is 4.38. The van der Waals surface area contributed by atoms with Gasteiger partial charge in [-0.05, 0) is 60.5 Å². The number of halogens is 1. The summed E-state index contributed by atoms with van der Waals surface area (Å²) in [6.45, 7) is 1.94. The molecule has 2 aromatic carbocycles. The lowest BCUT2D eigenvalue weighted by Crippen LogP contribution is -2.24. The molecule has 2 amide bonds. The fraction of sp³-hybridized carbons (Fsp3) is 0.0667. The van der Waals surface area contributed by atoms with Crippen molar-refractivity contribution in [1.29, 1.82) is 0 Å². The number of benzene rings is 2. The number of aromatic hydroxyl groups is 1. The third kappa shape index (κ3) is 4.61. The van der Waals surface area contributed by atoms with Crippen LogP contribution in [0.25, 0.3) is 0 Å². The van der Waals surface area contributed by atoms with Crippen LogP contribution in [0.2, 0.25) is 0 Å². The van der Waals surface area contributed by atoms with Gasteiger partial charge in [-0.15, -0.1) is 0 Å². The largest absolute Gasteiger partial charge is 0.508 e. The van der Waals surface area contributed by atoms with Gasteiger partial charge in [0.05, 0.1) is 6.21 Å². The van der Waals surface area contributed by atoms with E-state index in [9.17, 15) is 4.79 Å². The lowest BCUT2D eigenvalue weighted by atomic mass is 10.2. The summed E-state index contributed by atoms with van der Waals surface area (Å²) < 4.78 is 0.985. The third-order valence-electron chi connectivity index (χ3n) is 2.69. The molecule has 0 saturated carbocycles. The van der Waals surface area contributed by atoms with E-state index >= 15 is 0 Å². The van der Waals surface area contributed by atoms with Gasteiger partial charge in [-0.1, -0.05) is 15.9 Å². The molecular formula is C15H14BrN3O2. The number of carbonyl (C=O) groups is 1. The molecule has 2 rings (SSSR count). The second kappa shape index (κ2) is 6.90. The molecule has 0 atom stereocenters. The molecule has 0 saturated heterocycles. The number of hydrogen-bond donors (Lipinski definition) is 3. The first-order chi connectivity index (χ1) is 10.0. The minimum absolute atomic E-state index is 0.184. The Labute approximate surface area is 130 Å². The molecular weight excluding hydrogens is 334 g/mol. The van der Waals surface area contributed by atoms with E-state index < -0.39 is 6.03 Å². The van der Waals surface area contributed by atoms with Crippen LogP contribution in [-0.4, -0.2) is 17.4 Å². The van der Waals surface area contributed by atoms with Crippen molar-refractivity contribution >= 4 is 33.9 Å². The number of hydrogen-bond acceptors (Lipinski definition) is 3. The lowest BCUT2D eigenvalue weighted by molar-refractivity contribution is 0.252. The third-order valence-corrected chi connectivity index (χ3v) is 3.58. The van der Waals surface area contributed by atoms with Crippen LogP contribution in [-0.2, 0) is 0 Å². The maximum Gasteiger partial charge on any atom is 0.339 e. The summed E-state index contributed by atoms with van der Waals surface area (Å²) in [6.07, 6.45) is 1.49. The molecule has 0 fully saturated rings. The van der Waals surface area contributed by atoms with Gasteiger partial charge >= 0.3 is 6.03 Å². The van der Waals surface area contributed by atoms with E-state index in [1.54, 1.807) is 30.3 Å². The highest BCUT2D eigenvalue weighted by Gasteiger charge is 2.01. The number of amides is 2. The van der Waals surface area contributed by atoms with Crippen molar-refractivity contribution in [3.8, 4) is 5.75 Å². The topological polar surface area (TPSA) is 73.7 Å². The minimum Gasteiger partial charge on any atom is -0.508 e. The monoisotopic (exact) mass is 347 g/mol. The first-order valence-electron chi connectivity index (χ1n) is 6.20. The molecule has 0 radical (unpaired) electrons. The first-order valence-corrected chi connectivity index (χ1v) is 6.99. The molecule has 0 spiro atoms. The molecule has 108 valence electrons. The molecule has 0 aromatic heterocycles. The summed E-state index contributed by atoms with van der Waals surface area (Å²) in [5.74, 6) is 0.184. The van der Waals surface area contributed by atoms with E-state index in [0.29, 0.717) is 5.69 Å². The van der Waals surface area contributed by atoms with Crippen LogP contribution < -0.4 is 10.7 Å². The maximum absolute atomic E-state index is 11.7. The molecule has 6 heteroatoms. The molecule has 0 aliphatic carbocycles. The Hall–Kier alpha value is -2.34. The lowest BCUT2D eigenvalue weighted by Gasteiger charge is -2.06. The summed E-state index contributed by atoms with van der Waals surface area (Å²) in [5.41, 5.74) is 4.86. The molecule has 0 aliphatic rings.